The second-order valence-electron chi connectivity index (χ2n) is 13.6. The molecule has 58 heavy (non-hydrogen) atoms. The van der Waals surface area contributed by atoms with E-state index in [0.29, 0.717) is 0 Å². The molecule has 1 saturated heterocycles. The summed E-state index contributed by atoms with van der Waals surface area (Å²) in [5, 5.41) is -2.89. The molecule has 0 saturated carbocycles. The van der Waals surface area contributed by atoms with E-state index in [1.165, 1.54) is 0 Å². The van der Waals surface area contributed by atoms with Crippen LogP contribution < -0.4 is 5.46 Å². The highest BCUT2D eigenvalue weighted by Crippen LogP contribution is 2.39. The number of hydrogen-bond donors (Lipinski definition) is 0. The lowest BCUT2D eigenvalue weighted by molar-refractivity contribution is 0.00578. The Morgan fingerprint density at radius 1 is 0.397 bits per heavy atom. The molecule has 282 valence electrons. The van der Waals surface area contributed by atoms with Gasteiger partial charge in [-0.3, -0.25) is 0 Å². The van der Waals surface area contributed by atoms with Crippen LogP contribution in [-0.2, 0) is 9.31 Å². The minimum absolute atomic E-state index is 0.00572. The van der Waals surface area contributed by atoms with E-state index in [1.54, 1.807) is 0 Å². The first-order valence-corrected chi connectivity index (χ1v) is 18.2. The molecule has 0 radical (unpaired) electrons. The Hall–Kier alpha value is -5.78. The zero-order valence-electron chi connectivity index (χ0n) is 62.8. The standard InChI is InChI=1S/C24H16.C16H19BO2.C14H9Br/c1-2-8-18-15-21(14-13-17(18)7-1)24-22-11-5-3-9-19(22)16-20-10-4-6-12-23(20)24;1-15(2)16(3,4)19-17(18-15)14-10-9-12-7-5-6-8-13(12)11-14;15-14-12-7-3-1-5-10(12)9-11-6-2-4-8-13(11)14/h1-16H;5-11H,1-4H3;1-9H/i1D,2D,3D,4D,5D,6D,7D,8D,9D,10D,11D,12D,13D,14D,15D,16D;5D,6D,7D,8D,9D,10D,11D;1D,2D,3D,4D,5D,6D,7D,8D,9D. The first-order valence-electron chi connectivity index (χ1n) is 33.4. The Kier molecular flexibility index (Phi) is 4.31. The number of rotatable bonds is 2. The number of halogens is 1. The molecule has 2 nitrogen and oxygen atoms in total. The van der Waals surface area contributed by atoms with Crippen LogP contribution in [0, 0.1) is 0 Å². The molecule has 10 aromatic rings. The molecular formula is C54H44BBrO2. The van der Waals surface area contributed by atoms with E-state index in [9.17, 15) is 0 Å². The minimum Gasteiger partial charge on any atom is -0.399 e. The molecule has 0 amide bonds. The Morgan fingerprint density at radius 2 is 0.759 bits per heavy atom. The lowest BCUT2D eigenvalue weighted by Gasteiger charge is -2.32. The number of hydrogen-bond acceptors (Lipinski definition) is 2. The van der Waals surface area contributed by atoms with Gasteiger partial charge in [0.15, 0.2) is 0 Å². The first kappa shape index (κ1) is 16.1. The Balaban J connectivity index is 0.000000168. The second kappa shape index (κ2) is 15.5. The van der Waals surface area contributed by atoms with Crippen LogP contribution in [0.25, 0.3) is 75.8 Å². The van der Waals surface area contributed by atoms with Crippen molar-refractivity contribution in [2.75, 3.05) is 0 Å². The lowest BCUT2D eigenvalue weighted by Crippen LogP contribution is -2.41. The van der Waals surface area contributed by atoms with Gasteiger partial charge in [0, 0.05) is 4.47 Å². The largest absolute Gasteiger partial charge is 0.494 e. The van der Waals surface area contributed by atoms with Crippen molar-refractivity contribution in [2.24, 2.45) is 0 Å². The molecular weight excluding hydrogens is 771 g/mol. The minimum atomic E-state index is -1.06. The van der Waals surface area contributed by atoms with Gasteiger partial charge in [0.1, 0.15) is 0 Å². The topological polar surface area (TPSA) is 18.5 Å². The number of fused-ring (bicyclic) bond motifs is 6. The third-order valence-corrected chi connectivity index (χ3v) is 10.2. The molecule has 1 aliphatic rings. The fourth-order valence-electron chi connectivity index (χ4n) is 5.86. The van der Waals surface area contributed by atoms with Crippen molar-refractivity contribution < 1.29 is 53.2 Å². The van der Waals surface area contributed by atoms with Crippen LogP contribution in [0.5, 0.6) is 0 Å². The van der Waals surface area contributed by atoms with E-state index in [2.05, 4.69) is 15.9 Å². The Labute approximate surface area is 394 Å². The summed E-state index contributed by atoms with van der Waals surface area (Å²) in [6, 6.07) is -17.9. The van der Waals surface area contributed by atoms with Gasteiger partial charge in [0.2, 0.25) is 0 Å². The van der Waals surface area contributed by atoms with E-state index >= 15 is 0 Å². The summed E-state index contributed by atoms with van der Waals surface area (Å²) in [6.45, 7) is 7.31. The molecule has 10 aromatic carbocycles. The zero-order valence-corrected chi connectivity index (χ0v) is 32.4. The van der Waals surface area contributed by atoms with Gasteiger partial charge in [-0.05, 0) is 143 Å². The van der Waals surface area contributed by atoms with Crippen molar-refractivity contribution in [3.8, 4) is 11.1 Å². The maximum atomic E-state index is 8.98. The normalized spacial score (nSPS) is 22.1. The average Bonchev–Trinajstić information content (AvgIpc) is 0.806. The van der Waals surface area contributed by atoms with Gasteiger partial charge in [-0.15, -0.1) is 0 Å². The molecule has 0 unspecified atom stereocenters. The summed E-state index contributed by atoms with van der Waals surface area (Å²) in [4.78, 5) is 0. The van der Waals surface area contributed by atoms with Crippen LogP contribution in [0.2, 0.25) is 0 Å². The van der Waals surface area contributed by atoms with Gasteiger partial charge < -0.3 is 9.31 Å². The molecule has 1 aliphatic heterocycles. The Bertz CT molecular complexity index is 4700. The predicted molar refractivity (Wildman–Crippen MR) is 253 cm³/mol. The maximum Gasteiger partial charge on any atom is 0.494 e. The molecule has 0 bridgehead atoms. The van der Waals surface area contributed by atoms with Gasteiger partial charge in [0.05, 0.1) is 55.1 Å². The van der Waals surface area contributed by atoms with E-state index in [-0.39, 0.29) is 78.5 Å². The molecule has 11 rings (SSSR count). The summed E-state index contributed by atoms with van der Waals surface area (Å²) in [7, 11) is -1.06. The summed E-state index contributed by atoms with van der Waals surface area (Å²) in [5.41, 5.74) is -2.37. The smallest absolute Gasteiger partial charge is 0.399 e. The van der Waals surface area contributed by atoms with Crippen molar-refractivity contribution in [1.29, 1.82) is 0 Å². The molecule has 4 heteroatoms. The lowest BCUT2D eigenvalue weighted by atomic mass is 9.78. The van der Waals surface area contributed by atoms with Crippen LogP contribution in [0.4, 0.5) is 0 Å². The quantitative estimate of drug-likeness (QED) is 0.127. The van der Waals surface area contributed by atoms with Crippen LogP contribution in [0.1, 0.15) is 71.6 Å². The highest BCUT2D eigenvalue weighted by Gasteiger charge is 2.51. The maximum absolute atomic E-state index is 8.98. The fraction of sp³-hybridized carbons (Fsp3) is 0.111. The summed E-state index contributed by atoms with van der Waals surface area (Å²) in [6.07, 6.45) is 0. The van der Waals surface area contributed by atoms with E-state index < -0.39 is 219 Å². The van der Waals surface area contributed by atoms with Crippen LogP contribution in [-0.4, -0.2) is 18.3 Å². The third kappa shape index (κ3) is 7.29. The molecule has 0 aliphatic carbocycles. The van der Waals surface area contributed by atoms with E-state index in [4.69, 9.17) is 53.2 Å². The SMILES string of the molecule is [2H]c1c([2H])c([2H])c2c(Br)c3c([2H])c([2H])c([2H])c([2H])c3c([2H])c2c1[2H].[2H]c1c([2H])c([2H])c2c([2H])c(-c3c4c([2H])c([2H])c([2H])c([2H])c4c([2H])c4c([2H])c([2H])c([2H])c([2H])c34)c([2H])c([2H])c2c1[2H].[2H]c1c([2H])c([2H])c2c([2H])c(B3OC(C)(C)C(C)(C)O3)c([2H])c([2H])c2c1[2H]. The summed E-state index contributed by atoms with van der Waals surface area (Å²) >= 11 is 3.22. The molecule has 0 N–H and O–H groups in total. The van der Waals surface area contributed by atoms with Crippen molar-refractivity contribution >= 4 is 93.1 Å². The molecule has 1 heterocycles. The molecule has 0 spiro atoms. The van der Waals surface area contributed by atoms with Crippen LogP contribution in [0.3, 0.4) is 0 Å². The second-order valence-corrected chi connectivity index (χ2v) is 14.4. The van der Waals surface area contributed by atoms with Crippen molar-refractivity contribution in [3.05, 3.63) is 198 Å². The van der Waals surface area contributed by atoms with Gasteiger partial charge in [-0.2, -0.15) is 0 Å². The van der Waals surface area contributed by atoms with E-state index in [1.807, 2.05) is 27.7 Å². The molecule has 0 atom stereocenters. The van der Waals surface area contributed by atoms with E-state index in [0.717, 1.165) is 0 Å². The van der Waals surface area contributed by atoms with Gasteiger partial charge >= 0.3 is 7.12 Å². The first-order chi connectivity index (χ1) is 41.5. The fourth-order valence-corrected chi connectivity index (χ4v) is 6.45. The van der Waals surface area contributed by atoms with Crippen molar-refractivity contribution in [2.45, 2.75) is 38.9 Å². The van der Waals surface area contributed by atoms with Gasteiger partial charge in [-0.25, -0.2) is 0 Å². The van der Waals surface area contributed by atoms with Crippen molar-refractivity contribution in [1.82, 2.24) is 0 Å². The highest BCUT2D eigenvalue weighted by molar-refractivity contribution is 9.10. The monoisotopic (exact) mass is 846 g/mol. The third-order valence-electron chi connectivity index (χ3n) is 9.45. The van der Waals surface area contributed by atoms with Crippen LogP contribution in [0.15, 0.2) is 198 Å². The highest BCUT2D eigenvalue weighted by atomic mass is 79.9. The summed E-state index contributed by atoms with van der Waals surface area (Å²) in [5.74, 6) is 0. The average molecular weight is 848 g/mol. The number of benzene rings is 10. The molecule has 0 aromatic heterocycles. The van der Waals surface area contributed by atoms with Gasteiger partial charge in [-0.1, -0.05) is 175 Å². The molecule has 1 fully saturated rings. The predicted octanol–water partition coefficient (Wildman–Crippen LogP) is 14.7. The van der Waals surface area contributed by atoms with Gasteiger partial charge in [0.25, 0.3) is 0 Å². The Morgan fingerprint density at radius 3 is 1.24 bits per heavy atom. The summed E-state index contributed by atoms with van der Waals surface area (Å²) < 4.78 is 275. The zero-order chi connectivity index (χ0) is 67.7. The van der Waals surface area contributed by atoms with Crippen LogP contribution >= 0.6 is 15.9 Å². The van der Waals surface area contributed by atoms with Crippen molar-refractivity contribution in [3.63, 3.8) is 0 Å².